The third kappa shape index (κ3) is 2.34. The number of aromatic nitrogens is 4. The molecule has 5 nitrogen and oxygen atoms in total. The molecule has 20 heavy (non-hydrogen) atoms. The molecule has 0 radical (unpaired) electrons. The summed E-state index contributed by atoms with van der Waals surface area (Å²) in [7, 11) is 1.65. The van der Waals surface area contributed by atoms with Crippen molar-refractivity contribution in [1.82, 2.24) is 19.8 Å². The molecule has 0 unspecified atom stereocenters. The lowest BCUT2D eigenvalue weighted by Crippen LogP contribution is -1.96. The summed E-state index contributed by atoms with van der Waals surface area (Å²) in [5.41, 5.74) is 1.71. The van der Waals surface area contributed by atoms with Crippen LogP contribution in [0.2, 0.25) is 0 Å². The Balaban J connectivity index is 2.07. The van der Waals surface area contributed by atoms with Gasteiger partial charge in [0.1, 0.15) is 10.8 Å². The average Bonchev–Trinajstić information content (AvgIpc) is 2.91. The van der Waals surface area contributed by atoms with Gasteiger partial charge in [-0.15, -0.1) is 22.0 Å². The Hall–Kier alpha value is -2.08. The maximum Gasteiger partial charge on any atom is 0.185 e. The van der Waals surface area contributed by atoms with Gasteiger partial charge in [0.15, 0.2) is 11.5 Å². The van der Waals surface area contributed by atoms with E-state index in [2.05, 4.69) is 22.2 Å². The number of fused-ring (bicyclic) bond motifs is 1. The molecule has 0 aliphatic carbocycles. The first-order chi connectivity index (χ1) is 9.81. The molecule has 0 atom stereocenters. The summed E-state index contributed by atoms with van der Waals surface area (Å²) in [6, 6.07) is 11.6. The molecule has 0 aliphatic rings. The first-order valence-electron chi connectivity index (χ1n) is 6.31. The molecule has 0 spiro atoms. The zero-order valence-corrected chi connectivity index (χ0v) is 12.1. The summed E-state index contributed by atoms with van der Waals surface area (Å²) in [5, 5.41) is 13.9. The minimum absolute atomic E-state index is 0.737. The second-order valence-corrected chi connectivity index (χ2v) is 5.41. The van der Waals surface area contributed by atoms with Gasteiger partial charge in [-0.25, -0.2) is 0 Å². The van der Waals surface area contributed by atoms with Crippen molar-refractivity contribution in [3.8, 4) is 17.1 Å². The molecule has 102 valence electrons. The van der Waals surface area contributed by atoms with Crippen LogP contribution in [0.25, 0.3) is 17.0 Å². The molecule has 0 N–H and O–H groups in total. The number of ether oxygens (including phenoxy) is 1. The average molecular weight is 286 g/mol. The van der Waals surface area contributed by atoms with E-state index in [1.54, 1.807) is 23.4 Å². The first-order valence-corrected chi connectivity index (χ1v) is 7.30. The monoisotopic (exact) mass is 286 g/mol. The van der Waals surface area contributed by atoms with Gasteiger partial charge in [0, 0.05) is 5.56 Å². The molecule has 0 saturated carbocycles. The van der Waals surface area contributed by atoms with Gasteiger partial charge in [-0.05, 0) is 42.2 Å². The molecule has 0 fully saturated rings. The summed E-state index contributed by atoms with van der Waals surface area (Å²) in [6.07, 6.45) is 0. The van der Waals surface area contributed by atoms with Crippen LogP contribution in [0, 0.1) is 0 Å². The van der Waals surface area contributed by atoms with Crippen molar-refractivity contribution in [3.63, 3.8) is 0 Å². The van der Waals surface area contributed by atoms with Gasteiger partial charge in [-0.2, -0.15) is 9.61 Å². The number of hydrogen-bond acceptors (Lipinski definition) is 5. The van der Waals surface area contributed by atoms with Gasteiger partial charge >= 0.3 is 0 Å². The lowest BCUT2D eigenvalue weighted by Gasteiger charge is -2.03. The number of thioether (sulfide) groups is 1. The van der Waals surface area contributed by atoms with Crippen LogP contribution in [0.4, 0.5) is 0 Å². The summed E-state index contributed by atoms with van der Waals surface area (Å²) in [5.74, 6) is 2.54. The fraction of sp³-hybridized carbons (Fsp3) is 0.214. The van der Waals surface area contributed by atoms with Crippen molar-refractivity contribution in [2.75, 3.05) is 12.9 Å². The molecule has 2 heterocycles. The van der Waals surface area contributed by atoms with Crippen molar-refractivity contribution >= 4 is 17.4 Å². The van der Waals surface area contributed by atoms with Crippen molar-refractivity contribution in [2.45, 2.75) is 11.9 Å². The van der Waals surface area contributed by atoms with Crippen LogP contribution < -0.4 is 4.74 Å². The van der Waals surface area contributed by atoms with E-state index in [1.165, 1.54) is 0 Å². The van der Waals surface area contributed by atoms with Gasteiger partial charge < -0.3 is 4.74 Å². The van der Waals surface area contributed by atoms with Gasteiger partial charge in [-0.1, -0.05) is 6.92 Å². The quantitative estimate of drug-likeness (QED) is 0.690. The number of nitrogens with zero attached hydrogens (tertiary/aromatic N) is 4. The molecule has 6 heteroatoms. The summed E-state index contributed by atoms with van der Waals surface area (Å²) >= 11 is 1.70. The molecule has 0 bridgehead atoms. The molecule has 3 aromatic rings. The SMILES string of the molecule is CCSc1ccc2nnc(-c3ccc(OC)cc3)n2n1. The highest BCUT2D eigenvalue weighted by atomic mass is 32.2. The molecular weight excluding hydrogens is 272 g/mol. The Morgan fingerprint density at radius 3 is 2.60 bits per heavy atom. The van der Waals surface area contributed by atoms with Crippen LogP contribution in [0.3, 0.4) is 0 Å². The predicted molar refractivity (Wildman–Crippen MR) is 79.2 cm³/mol. The molecule has 0 aliphatic heterocycles. The van der Waals surface area contributed by atoms with E-state index in [-0.39, 0.29) is 0 Å². The molecule has 3 rings (SSSR count). The lowest BCUT2D eigenvalue weighted by atomic mass is 10.2. The van der Waals surface area contributed by atoms with Crippen LogP contribution in [0.5, 0.6) is 5.75 Å². The summed E-state index contributed by atoms with van der Waals surface area (Å²) in [4.78, 5) is 0. The smallest absolute Gasteiger partial charge is 0.185 e. The van der Waals surface area contributed by atoms with E-state index in [9.17, 15) is 0 Å². The minimum atomic E-state index is 0.737. The fourth-order valence-electron chi connectivity index (χ4n) is 1.92. The van der Waals surface area contributed by atoms with E-state index >= 15 is 0 Å². The van der Waals surface area contributed by atoms with Gasteiger partial charge in [0.25, 0.3) is 0 Å². The van der Waals surface area contributed by atoms with E-state index in [0.29, 0.717) is 0 Å². The first kappa shape index (κ1) is 12.9. The molecular formula is C14H14N4OS. The van der Waals surface area contributed by atoms with Crippen LogP contribution in [-0.4, -0.2) is 32.7 Å². The summed E-state index contributed by atoms with van der Waals surface area (Å²) in [6.45, 7) is 2.10. The molecule has 2 aromatic heterocycles. The Bertz CT molecular complexity index is 724. The van der Waals surface area contributed by atoms with Crippen LogP contribution in [0.1, 0.15) is 6.92 Å². The van der Waals surface area contributed by atoms with E-state index in [0.717, 1.165) is 33.6 Å². The molecule has 1 aromatic carbocycles. The van der Waals surface area contributed by atoms with Gasteiger partial charge in [0.2, 0.25) is 0 Å². The topological polar surface area (TPSA) is 52.3 Å². The van der Waals surface area contributed by atoms with E-state index in [1.807, 2.05) is 36.4 Å². The van der Waals surface area contributed by atoms with E-state index in [4.69, 9.17) is 4.74 Å². The van der Waals surface area contributed by atoms with Crippen LogP contribution >= 0.6 is 11.8 Å². The zero-order chi connectivity index (χ0) is 13.9. The van der Waals surface area contributed by atoms with Gasteiger partial charge in [-0.3, -0.25) is 0 Å². The Labute approximate surface area is 121 Å². The van der Waals surface area contributed by atoms with Crippen LogP contribution in [-0.2, 0) is 0 Å². The standard InChI is InChI=1S/C14H14N4OS/c1-3-20-13-9-8-12-15-16-14(18(12)17-13)10-4-6-11(19-2)7-5-10/h4-9H,3H2,1-2H3. The largest absolute Gasteiger partial charge is 0.497 e. The highest BCUT2D eigenvalue weighted by Crippen LogP contribution is 2.22. The third-order valence-corrected chi connectivity index (χ3v) is 3.68. The van der Waals surface area contributed by atoms with Crippen molar-refractivity contribution in [2.24, 2.45) is 0 Å². The lowest BCUT2D eigenvalue weighted by molar-refractivity contribution is 0.415. The highest BCUT2D eigenvalue weighted by Gasteiger charge is 2.10. The third-order valence-electron chi connectivity index (χ3n) is 2.88. The maximum atomic E-state index is 5.16. The number of rotatable bonds is 4. The van der Waals surface area contributed by atoms with E-state index < -0.39 is 0 Å². The minimum Gasteiger partial charge on any atom is -0.497 e. The Morgan fingerprint density at radius 2 is 1.90 bits per heavy atom. The fourth-order valence-corrected chi connectivity index (χ4v) is 2.52. The van der Waals surface area contributed by atoms with Crippen molar-refractivity contribution in [3.05, 3.63) is 36.4 Å². The highest BCUT2D eigenvalue weighted by molar-refractivity contribution is 7.99. The van der Waals surface area contributed by atoms with Crippen molar-refractivity contribution < 1.29 is 4.74 Å². The zero-order valence-electron chi connectivity index (χ0n) is 11.3. The van der Waals surface area contributed by atoms with Crippen LogP contribution in [0.15, 0.2) is 41.4 Å². The Kier molecular flexibility index (Phi) is 3.56. The number of methoxy groups -OCH3 is 1. The predicted octanol–water partition coefficient (Wildman–Crippen LogP) is 2.91. The number of benzene rings is 1. The summed E-state index contributed by atoms with van der Waals surface area (Å²) < 4.78 is 6.94. The van der Waals surface area contributed by atoms with Crippen molar-refractivity contribution in [1.29, 1.82) is 0 Å². The second kappa shape index (κ2) is 5.50. The molecule has 0 saturated heterocycles. The Morgan fingerprint density at radius 1 is 1.10 bits per heavy atom. The second-order valence-electron chi connectivity index (χ2n) is 4.13. The maximum absolute atomic E-state index is 5.16. The van der Waals surface area contributed by atoms with Gasteiger partial charge in [0.05, 0.1) is 7.11 Å². The molecule has 0 amide bonds. The normalized spacial score (nSPS) is 10.9. The number of hydrogen-bond donors (Lipinski definition) is 0.